The lowest BCUT2D eigenvalue weighted by Crippen LogP contribution is -2.25. The molecule has 1 aromatic heterocycles. The Morgan fingerprint density at radius 1 is 1.00 bits per heavy atom. The van der Waals surface area contributed by atoms with Crippen LogP contribution in [0.5, 0.6) is 0 Å². The van der Waals surface area contributed by atoms with Gasteiger partial charge in [-0.1, -0.05) is 34.8 Å². The predicted octanol–water partition coefficient (Wildman–Crippen LogP) is 5.50. The number of rotatable bonds is 4. The number of aromatic nitrogens is 1. The summed E-state index contributed by atoms with van der Waals surface area (Å²) in [5.41, 5.74) is 2.51. The first-order valence-corrected chi connectivity index (χ1v) is 12.0. The van der Waals surface area contributed by atoms with Crippen molar-refractivity contribution in [3.8, 4) is 11.1 Å². The minimum atomic E-state index is -3.44. The highest BCUT2D eigenvalue weighted by molar-refractivity contribution is 7.93. The van der Waals surface area contributed by atoms with Crippen LogP contribution in [0.3, 0.4) is 0 Å². The molecule has 0 aliphatic carbocycles. The standard InChI is InChI=1S/C21H16Cl3N3O3S/c22-15-8-14(13-2-4-25-5-3-13)9-16(10-15)26-21(28)18-11-17(12-19(23)20(18)24)27-6-1-7-31(27,29)30/h2-5,8-12H,1,6-7H2,(H,26,28). The van der Waals surface area contributed by atoms with Crippen LogP contribution in [0.2, 0.25) is 15.1 Å². The molecule has 0 atom stereocenters. The van der Waals surface area contributed by atoms with Gasteiger partial charge in [0, 0.05) is 29.6 Å². The van der Waals surface area contributed by atoms with Gasteiger partial charge in [0.25, 0.3) is 5.91 Å². The van der Waals surface area contributed by atoms with Gasteiger partial charge in [-0.3, -0.25) is 14.1 Å². The molecule has 1 fully saturated rings. The molecule has 0 saturated carbocycles. The van der Waals surface area contributed by atoms with Crippen molar-refractivity contribution in [1.29, 1.82) is 0 Å². The molecule has 2 aromatic carbocycles. The van der Waals surface area contributed by atoms with E-state index in [9.17, 15) is 13.2 Å². The number of nitrogens with one attached hydrogen (secondary N) is 1. The molecular weight excluding hydrogens is 481 g/mol. The summed E-state index contributed by atoms with van der Waals surface area (Å²) in [5, 5.41) is 3.33. The number of carbonyl (C=O) groups is 1. The van der Waals surface area contributed by atoms with Gasteiger partial charge in [-0.05, 0) is 60.0 Å². The van der Waals surface area contributed by atoms with Gasteiger partial charge in [0.15, 0.2) is 0 Å². The number of hydrogen-bond donors (Lipinski definition) is 1. The topological polar surface area (TPSA) is 79.4 Å². The maximum absolute atomic E-state index is 13.0. The summed E-state index contributed by atoms with van der Waals surface area (Å²) >= 11 is 18.7. The number of nitrogens with zero attached hydrogens (tertiary/aromatic N) is 2. The second kappa shape index (κ2) is 8.67. The maximum atomic E-state index is 13.0. The van der Waals surface area contributed by atoms with Gasteiger partial charge in [-0.15, -0.1) is 0 Å². The zero-order valence-electron chi connectivity index (χ0n) is 16.0. The molecule has 4 rings (SSSR count). The van der Waals surface area contributed by atoms with E-state index in [1.807, 2.05) is 12.1 Å². The third kappa shape index (κ3) is 4.65. The van der Waals surface area contributed by atoms with E-state index in [-0.39, 0.29) is 21.4 Å². The monoisotopic (exact) mass is 495 g/mol. The molecule has 31 heavy (non-hydrogen) atoms. The first-order valence-electron chi connectivity index (χ1n) is 9.26. The van der Waals surface area contributed by atoms with E-state index in [0.717, 1.165) is 11.1 Å². The molecule has 6 nitrogen and oxygen atoms in total. The van der Waals surface area contributed by atoms with Gasteiger partial charge < -0.3 is 5.32 Å². The predicted molar refractivity (Wildman–Crippen MR) is 125 cm³/mol. The minimum absolute atomic E-state index is 0.0379. The highest BCUT2D eigenvalue weighted by Crippen LogP contribution is 2.35. The summed E-state index contributed by atoms with van der Waals surface area (Å²) in [7, 11) is -3.44. The largest absolute Gasteiger partial charge is 0.322 e. The van der Waals surface area contributed by atoms with E-state index in [0.29, 0.717) is 29.4 Å². The number of sulfonamides is 1. The summed E-state index contributed by atoms with van der Waals surface area (Å²) < 4.78 is 25.8. The highest BCUT2D eigenvalue weighted by Gasteiger charge is 2.30. The van der Waals surface area contributed by atoms with Gasteiger partial charge in [0.2, 0.25) is 10.0 Å². The zero-order chi connectivity index (χ0) is 22.2. The van der Waals surface area contributed by atoms with Crippen LogP contribution < -0.4 is 9.62 Å². The van der Waals surface area contributed by atoms with Crippen LogP contribution >= 0.6 is 34.8 Å². The van der Waals surface area contributed by atoms with Crippen molar-refractivity contribution in [2.24, 2.45) is 0 Å². The lowest BCUT2D eigenvalue weighted by molar-refractivity contribution is 0.102. The van der Waals surface area contributed by atoms with Crippen LogP contribution in [0.25, 0.3) is 11.1 Å². The molecule has 1 aliphatic rings. The molecule has 1 aliphatic heterocycles. The number of carbonyl (C=O) groups excluding carboxylic acids is 1. The molecule has 0 bridgehead atoms. The Bertz CT molecular complexity index is 1270. The number of hydrogen-bond acceptors (Lipinski definition) is 4. The fraction of sp³-hybridized carbons (Fsp3) is 0.143. The Labute approximate surface area is 194 Å². The number of halogens is 3. The highest BCUT2D eigenvalue weighted by atomic mass is 35.5. The fourth-order valence-corrected chi connectivity index (χ4v) is 5.58. The van der Waals surface area contributed by atoms with E-state index < -0.39 is 15.9 Å². The summed E-state index contributed by atoms with van der Waals surface area (Å²) in [6.45, 7) is 0.324. The van der Waals surface area contributed by atoms with Gasteiger partial charge in [-0.2, -0.15) is 0 Å². The summed E-state index contributed by atoms with van der Waals surface area (Å²) in [5.74, 6) is -0.483. The number of amides is 1. The first-order chi connectivity index (χ1) is 14.7. The zero-order valence-corrected chi connectivity index (χ0v) is 19.1. The quantitative estimate of drug-likeness (QED) is 0.517. The van der Waals surface area contributed by atoms with Crippen molar-refractivity contribution in [1.82, 2.24) is 4.98 Å². The smallest absolute Gasteiger partial charge is 0.257 e. The molecule has 0 unspecified atom stereocenters. The third-order valence-corrected chi connectivity index (χ3v) is 7.70. The molecule has 1 saturated heterocycles. The summed E-state index contributed by atoms with van der Waals surface area (Å²) in [6, 6.07) is 11.7. The molecule has 1 amide bonds. The molecule has 0 radical (unpaired) electrons. The molecule has 10 heteroatoms. The fourth-order valence-electron chi connectivity index (χ4n) is 3.38. The third-order valence-electron chi connectivity index (χ3n) is 4.81. The average Bonchev–Trinajstić information content (AvgIpc) is 3.09. The van der Waals surface area contributed by atoms with E-state index >= 15 is 0 Å². The van der Waals surface area contributed by atoms with Crippen LogP contribution in [0.4, 0.5) is 11.4 Å². The molecule has 1 N–H and O–H groups in total. The Kier molecular flexibility index (Phi) is 6.12. The van der Waals surface area contributed by atoms with Gasteiger partial charge >= 0.3 is 0 Å². The molecular formula is C21H16Cl3N3O3S. The Hall–Kier alpha value is -2.32. The van der Waals surface area contributed by atoms with E-state index in [1.165, 1.54) is 16.4 Å². The van der Waals surface area contributed by atoms with E-state index in [1.54, 1.807) is 30.6 Å². The number of pyridine rings is 1. The van der Waals surface area contributed by atoms with Crippen LogP contribution in [0.15, 0.2) is 54.9 Å². The van der Waals surface area contributed by atoms with Gasteiger partial charge in [0.05, 0.1) is 27.0 Å². The second-order valence-corrected chi connectivity index (χ2v) is 10.2. The van der Waals surface area contributed by atoms with Gasteiger partial charge in [-0.25, -0.2) is 8.42 Å². The van der Waals surface area contributed by atoms with Crippen LogP contribution in [-0.2, 0) is 10.0 Å². The number of benzene rings is 2. The van der Waals surface area contributed by atoms with Crippen molar-refractivity contribution in [3.05, 3.63) is 75.5 Å². The Balaban J connectivity index is 1.67. The van der Waals surface area contributed by atoms with Crippen LogP contribution in [-0.4, -0.2) is 31.6 Å². The molecule has 0 spiro atoms. The second-order valence-electron chi connectivity index (χ2n) is 6.95. The van der Waals surface area contributed by atoms with Crippen molar-refractivity contribution in [2.45, 2.75) is 6.42 Å². The lowest BCUT2D eigenvalue weighted by Gasteiger charge is -2.19. The van der Waals surface area contributed by atoms with Crippen molar-refractivity contribution in [3.63, 3.8) is 0 Å². The average molecular weight is 497 g/mol. The lowest BCUT2D eigenvalue weighted by atomic mass is 10.1. The molecule has 3 aromatic rings. The maximum Gasteiger partial charge on any atom is 0.257 e. The van der Waals surface area contributed by atoms with E-state index in [2.05, 4.69) is 10.3 Å². The summed E-state index contributed by atoms with van der Waals surface area (Å²) in [6.07, 6.45) is 3.83. The SMILES string of the molecule is O=C(Nc1cc(Cl)cc(-c2ccncc2)c1)c1cc(N2CCCS2(=O)=O)cc(Cl)c1Cl. The van der Waals surface area contributed by atoms with Crippen molar-refractivity contribution < 1.29 is 13.2 Å². The Morgan fingerprint density at radius 3 is 2.42 bits per heavy atom. The van der Waals surface area contributed by atoms with Crippen molar-refractivity contribution in [2.75, 3.05) is 21.9 Å². The molecule has 2 heterocycles. The normalized spacial score (nSPS) is 15.1. The first kappa shape index (κ1) is 21.9. The minimum Gasteiger partial charge on any atom is -0.322 e. The van der Waals surface area contributed by atoms with Gasteiger partial charge in [0.1, 0.15) is 0 Å². The molecule has 160 valence electrons. The van der Waals surface area contributed by atoms with Crippen LogP contribution in [0, 0.1) is 0 Å². The Morgan fingerprint density at radius 2 is 1.74 bits per heavy atom. The van der Waals surface area contributed by atoms with Crippen molar-refractivity contribution >= 4 is 62.1 Å². The number of anilines is 2. The van der Waals surface area contributed by atoms with Crippen LogP contribution in [0.1, 0.15) is 16.8 Å². The van der Waals surface area contributed by atoms with E-state index in [4.69, 9.17) is 34.8 Å². The summed E-state index contributed by atoms with van der Waals surface area (Å²) in [4.78, 5) is 17.0.